The molecule has 0 fully saturated rings. The average molecular weight is 293 g/mol. The van der Waals surface area contributed by atoms with E-state index in [-0.39, 0.29) is 4.90 Å². The minimum absolute atomic E-state index is 0.134. The Morgan fingerprint density at radius 2 is 1.89 bits per heavy atom. The van der Waals surface area contributed by atoms with Gasteiger partial charge < -0.3 is 9.47 Å². The van der Waals surface area contributed by atoms with Gasteiger partial charge in [0.25, 0.3) is 9.05 Å². The van der Waals surface area contributed by atoms with Gasteiger partial charge in [0.1, 0.15) is 0 Å². The molecule has 0 aromatic heterocycles. The molecule has 0 atom stereocenters. The maximum atomic E-state index is 11.3. The van der Waals surface area contributed by atoms with Crippen molar-refractivity contribution in [3.63, 3.8) is 0 Å². The highest BCUT2D eigenvalue weighted by Gasteiger charge is 2.15. The van der Waals surface area contributed by atoms with Crippen molar-refractivity contribution in [3.05, 3.63) is 29.3 Å². The van der Waals surface area contributed by atoms with Gasteiger partial charge in [0, 0.05) is 17.3 Å². The fourth-order valence-electron chi connectivity index (χ4n) is 1.52. The van der Waals surface area contributed by atoms with E-state index in [9.17, 15) is 8.42 Å². The van der Waals surface area contributed by atoms with E-state index < -0.39 is 9.05 Å². The summed E-state index contributed by atoms with van der Waals surface area (Å²) in [5.74, 6) is 0. The summed E-state index contributed by atoms with van der Waals surface area (Å²) in [6.07, 6.45) is 0. The third-order valence-electron chi connectivity index (χ3n) is 2.49. The van der Waals surface area contributed by atoms with Gasteiger partial charge in [-0.15, -0.1) is 0 Å². The molecule has 1 rings (SSSR count). The van der Waals surface area contributed by atoms with Crippen LogP contribution in [0.5, 0.6) is 0 Å². The Morgan fingerprint density at radius 1 is 1.22 bits per heavy atom. The molecule has 0 aliphatic rings. The lowest BCUT2D eigenvalue weighted by molar-refractivity contribution is 0.0450. The lowest BCUT2D eigenvalue weighted by atomic mass is 10.1. The summed E-state index contributed by atoms with van der Waals surface area (Å²) in [6, 6.07) is 4.96. The van der Waals surface area contributed by atoms with Crippen LogP contribution in [0.15, 0.2) is 23.1 Å². The SMILES string of the molecule is CCOCCOCc1cccc(S(=O)(=O)Cl)c1C. The Morgan fingerprint density at radius 3 is 2.50 bits per heavy atom. The van der Waals surface area contributed by atoms with Crippen molar-refractivity contribution in [3.8, 4) is 0 Å². The molecule has 0 bridgehead atoms. The summed E-state index contributed by atoms with van der Waals surface area (Å²) in [6.45, 7) is 5.64. The van der Waals surface area contributed by atoms with E-state index >= 15 is 0 Å². The first-order chi connectivity index (χ1) is 8.46. The number of hydrogen-bond acceptors (Lipinski definition) is 4. The lowest BCUT2D eigenvalue weighted by Crippen LogP contribution is -2.06. The van der Waals surface area contributed by atoms with Crippen LogP contribution in [0.3, 0.4) is 0 Å². The van der Waals surface area contributed by atoms with Crippen LogP contribution in [0.1, 0.15) is 18.1 Å². The van der Waals surface area contributed by atoms with E-state index in [0.717, 1.165) is 5.56 Å². The molecule has 0 aliphatic carbocycles. The monoisotopic (exact) mass is 292 g/mol. The maximum Gasteiger partial charge on any atom is 0.261 e. The van der Waals surface area contributed by atoms with Gasteiger partial charge in [-0.05, 0) is 31.0 Å². The highest BCUT2D eigenvalue weighted by atomic mass is 35.7. The Balaban J connectivity index is 2.67. The van der Waals surface area contributed by atoms with Gasteiger partial charge >= 0.3 is 0 Å². The van der Waals surface area contributed by atoms with Crippen LogP contribution in [-0.4, -0.2) is 28.2 Å². The third kappa shape index (κ3) is 4.57. The molecule has 6 heteroatoms. The molecule has 4 nitrogen and oxygen atoms in total. The van der Waals surface area contributed by atoms with E-state index in [1.165, 1.54) is 6.07 Å². The van der Waals surface area contributed by atoms with Crippen LogP contribution < -0.4 is 0 Å². The summed E-state index contributed by atoms with van der Waals surface area (Å²) in [7, 11) is 1.65. The quantitative estimate of drug-likeness (QED) is 0.572. The first-order valence-corrected chi connectivity index (χ1v) is 7.96. The molecule has 18 heavy (non-hydrogen) atoms. The fourth-order valence-corrected chi connectivity index (χ4v) is 2.76. The summed E-state index contributed by atoms with van der Waals surface area (Å²) >= 11 is 0. The molecule has 1 aromatic rings. The fraction of sp³-hybridized carbons (Fsp3) is 0.500. The van der Waals surface area contributed by atoms with Crippen molar-refractivity contribution in [2.75, 3.05) is 19.8 Å². The predicted molar refractivity (Wildman–Crippen MR) is 70.4 cm³/mol. The van der Waals surface area contributed by atoms with E-state index in [0.29, 0.717) is 32.0 Å². The zero-order valence-corrected chi connectivity index (χ0v) is 12.1. The van der Waals surface area contributed by atoms with Crippen LogP contribution in [0.2, 0.25) is 0 Å². The Labute approximate surface area is 112 Å². The third-order valence-corrected chi connectivity index (χ3v) is 3.96. The molecule has 0 N–H and O–H groups in total. The lowest BCUT2D eigenvalue weighted by Gasteiger charge is -2.10. The van der Waals surface area contributed by atoms with Crippen molar-refractivity contribution >= 4 is 19.7 Å². The minimum atomic E-state index is -3.70. The normalized spacial score (nSPS) is 11.7. The average Bonchev–Trinajstić information content (AvgIpc) is 2.29. The maximum absolute atomic E-state index is 11.3. The molecule has 0 saturated carbocycles. The van der Waals surface area contributed by atoms with Gasteiger partial charge in [-0.25, -0.2) is 8.42 Å². The van der Waals surface area contributed by atoms with E-state index in [1.54, 1.807) is 13.0 Å². The highest BCUT2D eigenvalue weighted by Crippen LogP contribution is 2.22. The van der Waals surface area contributed by atoms with Gasteiger partial charge in [0.05, 0.1) is 24.7 Å². The van der Waals surface area contributed by atoms with Crippen molar-refractivity contribution in [1.82, 2.24) is 0 Å². The van der Waals surface area contributed by atoms with Crippen molar-refractivity contribution in [2.45, 2.75) is 25.3 Å². The van der Waals surface area contributed by atoms with Crippen LogP contribution in [0.25, 0.3) is 0 Å². The standard InChI is InChI=1S/C12H17ClO4S/c1-3-16-7-8-17-9-11-5-4-6-12(10(11)2)18(13,14)15/h4-6H,3,7-9H2,1-2H3. The van der Waals surface area contributed by atoms with Gasteiger partial charge in [0.15, 0.2) is 0 Å². The molecule has 0 spiro atoms. The largest absolute Gasteiger partial charge is 0.379 e. The van der Waals surface area contributed by atoms with Crippen molar-refractivity contribution < 1.29 is 17.9 Å². The number of benzene rings is 1. The van der Waals surface area contributed by atoms with E-state index in [2.05, 4.69) is 0 Å². The van der Waals surface area contributed by atoms with Crippen LogP contribution in [-0.2, 0) is 25.1 Å². The second-order valence-electron chi connectivity index (χ2n) is 3.73. The zero-order chi connectivity index (χ0) is 13.6. The summed E-state index contributed by atoms with van der Waals surface area (Å²) in [5.41, 5.74) is 1.44. The number of halogens is 1. The van der Waals surface area contributed by atoms with Crippen LogP contribution in [0, 0.1) is 6.92 Å². The van der Waals surface area contributed by atoms with E-state index in [1.807, 2.05) is 13.0 Å². The summed E-state index contributed by atoms with van der Waals surface area (Å²) < 4.78 is 33.2. The predicted octanol–water partition coefficient (Wildman–Crippen LogP) is 2.48. The smallest absolute Gasteiger partial charge is 0.261 e. The van der Waals surface area contributed by atoms with Gasteiger partial charge in [-0.3, -0.25) is 0 Å². The Hall–Kier alpha value is -0.620. The number of hydrogen-bond donors (Lipinski definition) is 0. The topological polar surface area (TPSA) is 52.6 Å². The van der Waals surface area contributed by atoms with Crippen molar-refractivity contribution in [2.24, 2.45) is 0 Å². The molecular formula is C12H17ClO4S. The summed E-state index contributed by atoms with van der Waals surface area (Å²) in [5, 5.41) is 0. The van der Waals surface area contributed by atoms with Gasteiger partial charge in [-0.2, -0.15) is 0 Å². The summed E-state index contributed by atoms with van der Waals surface area (Å²) in [4.78, 5) is 0.134. The number of rotatable bonds is 7. The molecule has 0 amide bonds. The van der Waals surface area contributed by atoms with Crippen LogP contribution >= 0.6 is 10.7 Å². The van der Waals surface area contributed by atoms with Gasteiger partial charge in [-0.1, -0.05) is 12.1 Å². The first-order valence-electron chi connectivity index (χ1n) is 5.65. The van der Waals surface area contributed by atoms with E-state index in [4.69, 9.17) is 20.2 Å². The number of ether oxygens (including phenoxy) is 2. The first kappa shape index (κ1) is 15.4. The zero-order valence-electron chi connectivity index (χ0n) is 10.5. The second kappa shape index (κ2) is 7.09. The molecule has 0 unspecified atom stereocenters. The Bertz CT molecular complexity index is 485. The van der Waals surface area contributed by atoms with Crippen molar-refractivity contribution in [1.29, 1.82) is 0 Å². The molecule has 0 heterocycles. The molecular weight excluding hydrogens is 276 g/mol. The molecule has 0 aliphatic heterocycles. The molecule has 102 valence electrons. The highest BCUT2D eigenvalue weighted by molar-refractivity contribution is 8.13. The minimum Gasteiger partial charge on any atom is -0.379 e. The Kier molecular flexibility index (Phi) is 6.08. The molecule has 0 radical (unpaired) electrons. The van der Waals surface area contributed by atoms with Gasteiger partial charge in [0.2, 0.25) is 0 Å². The van der Waals surface area contributed by atoms with Crippen LogP contribution in [0.4, 0.5) is 0 Å². The molecule has 1 aromatic carbocycles. The molecule has 0 saturated heterocycles. The second-order valence-corrected chi connectivity index (χ2v) is 6.26.